The number of alkyl halides is 1. The molecular weight excluding hydrogens is 473 g/mol. The molecule has 4 atom stereocenters. The number of nitrogens with one attached hydrogen (secondary N) is 1. The first-order valence-electron chi connectivity index (χ1n) is 14.2. The summed E-state index contributed by atoms with van der Waals surface area (Å²) < 4.78 is 42.6. The van der Waals surface area contributed by atoms with Crippen LogP contribution in [0.1, 0.15) is 56.5 Å². The van der Waals surface area contributed by atoms with Crippen molar-refractivity contribution in [3.63, 3.8) is 0 Å². The van der Waals surface area contributed by atoms with Crippen LogP contribution in [-0.4, -0.2) is 66.9 Å². The Kier molecular flexibility index (Phi) is 4.94. The molecule has 2 saturated heterocycles. The van der Waals surface area contributed by atoms with Crippen LogP contribution in [0.25, 0.3) is 22.5 Å². The highest BCUT2D eigenvalue weighted by Crippen LogP contribution is 2.46. The molecule has 4 heterocycles. The molecule has 3 aliphatic rings. The molecule has 2 bridgehead atoms. The summed E-state index contributed by atoms with van der Waals surface area (Å²) in [4.78, 5) is 6.60. The maximum atomic E-state index is 16.0. The van der Waals surface area contributed by atoms with E-state index in [0.29, 0.717) is 28.9 Å². The van der Waals surface area contributed by atoms with Crippen molar-refractivity contribution < 1.29 is 18.3 Å². The lowest BCUT2D eigenvalue weighted by Gasteiger charge is -2.57. The van der Waals surface area contributed by atoms with E-state index < -0.39 is 18.7 Å². The second kappa shape index (κ2) is 8.86. The number of hydrogen-bond acceptors (Lipinski definition) is 9. The number of fused-ring (bicyclic) bond motifs is 2. The highest BCUT2D eigenvalue weighted by Gasteiger charge is 2.55. The first-order chi connectivity index (χ1) is 18.9. The monoisotopic (exact) mass is 508 g/mol. The Bertz CT molecular complexity index is 1410. The quantitative estimate of drug-likeness (QED) is 0.509. The van der Waals surface area contributed by atoms with Crippen LogP contribution in [0.5, 0.6) is 11.6 Å². The standard InChI is InChI=1S/C27H32FN7O2/c1-26-9-4-10-27(2,34-26)24(28)20(13-26)35(18-6-7-18)22-15-29-25(33-31-22)19-8-5-16(11-21(19)36)17-12-23(37-3)32-30-14-17/h5,8,11-12,14-15,18,20,24,34,36H,4,6-7,9-10,13H2,1-3H3/t20-,24-,26-,27+/m0/s1/i3D3. The number of halogens is 1. The van der Waals surface area contributed by atoms with Crippen molar-refractivity contribution in [2.45, 2.75) is 81.7 Å². The van der Waals surface area contributed by atoms with Crippen LogP contribution in [0.3, 0.4) is 0 Å². The number of anilines is 1. The van der Waals surface area contributed by atoms with E-state index in [9.17, 15) is 5.11 Å². The molecule has 37 heavy (non-hydrogen) atoms. The van der Waals surface area contributed by atoms with Gasteiger partial charge in [0.05, 0.1) is 35.1 Å². The zero-order valence-corrected chi connectivity index (χ0v) is 20.9. The summed E-state index contributed by atoms with van der Waals surface area (Å²) in [5, 5.41) is 30.6. The smallest absolute Gasteiger partial charge is 0.233 e. The van der Waals surface area contributed by atoms with Crippen molar-refractivity contribution in [3.8, 4) is 34.1 Å². The molecule has 0 amide bonds. The fraction of sp³-hybridized carbons (Fsp3) is 0.519. The number of methoxy groups -OCH3 is 1. The Morgan fingerprint density at radius 1 is 1.14 bits per heavy atom. The van der Waals surface area contributed by atoms with E-state index in [0.717, 1.165) is 32.1 Å². The van der Waals surface area contributed by atoms with Gasteiger partial charge < -0.3 is 20.1 Å². The fourth-order valence-electron chi connectivity index (χ4n) is 6.20. The van der Waals surface area contributed by atoms with Gasteiger partial charge in [-0.15, -0.1) is 15.3 Å². The zero-order valence-electron chi connectivity index (χ0n) is 23.9. The van der Waals surface area contributed by atoms with Crippen LogP contribution in [0, 0.1) is 0 Å². The van der Waals surface area contributed by atoms with Crippen LogP contribution in [0.15, 0.2) is 36.7 Å². The highest BCUT2D eigenvalue weighted by atomic mass is 19.1. The molecule has 1 aromatic carbocycles. The van der Waals surface area contributed by atoms with Crippen molar-refractivity contribution >= 4 is 5.82 Å². The molecule has 2 aromatic heterocycles. The first-order valence-corrected chi connectivity index (χ1v) is 12.7. The van der Waals surface area contributed by atoms with Crippen molar-refractivity contribution in [2.75, 3.05) is 11.9 Å². The highest BCUT2D eigenvalue weighted by molar-refractivity contribution is 5.72. The average molecular weight is 509 g/mol. The van der Waals surface area contributed by atoms with Crippen LogP contribution in [0.4, 0.5) is 10.2 Å². The minimum absolute atomic E-state index is 0.0861. The van der Waals surface area contributed by atoms with E-state index in [1.807, 2.05) is 6.92 Å². The summed E-state index contributed by atoms with van der Waals surface area (Å²) >= 11 is 0. The summed E-state index contributed by atoms with van der Waals surface area (Å²) in [5.41, 5.74) is 0.776. The Balaban J connectivity index is 1.25. The van der Waals surface area contributed by atoms with Crippen LogP contribution < -0.4 is 15.0 Å². The molecule has 1 saturated carbocycles. The number of aromatic nitrogens is 5. The number of rotatable bonds is 6. The Morgan fingerprint density at radius 2 is 2.00 bits per heavy atom. The predicted octanol–water partition coefficient (Wildman–Crippen LogP) is 4.08. The summed E-state index contributed by atoms with van der Waals surface area (Å²) in [6, 6.07) is 6.21. The second-order valence-electron chi connectivity index (χ2n) is 11.0. The van der Waals surface area contributed by atoms with Gasteiger partial charge in [0, 0.05) is 28.7 Å². The SMILES string of the molecule is [2H]C([2H])([2H])Oc1cc(-c2ccc(-c3ncc(N(C4CC4)[C@H]4C[C@]5(C)CCC[C@@](C)(N5)[C@H]4F)nn3)c(O)c2)cnn1. The lowest BCUT2D eigenvalue weighted by atomic mass is 9.68. The van der Waals surface area contributed by atoms with Gasteiger partial charge in [0.2, 0.25) is 5.88 Å². The van der Waals surface area contributed by atoms with Crippen LogP contribution in [0.2, 0.25) is 0 Å². The summed E-state index contributed by atoms with van der Waals surface area (Å²) in [6.45, 7) is 4.19. The Morgan fingerprint density at radius 3 is 2.73 bits per heavy atom. The van der Waals surface area contributed by atoms with Gasteiger partial charge in [-0.25, -0.2) is 9.37 Å². The van der Waals surface area contributed by atoms with Gasteiger partial charge >= 0.3 is 0 Å². The topological polar surface area (TPSA) is 109 Å². The molecular formula is C27H32FN7O2. The third-order valence-corrected chi connectivity index (χ3v) is 8.04. The summed E-state index contributed by atoms with van der Waals surface area (Å²) in [6.07, 6.45) is 7.51. The van der Waals surface area contributed by atoms with E-state index in [1.54, 1.807) is 18.3 Å². The number of phenols is 1. The van der Waals surface area contributed by atoms with Crippen LogP contribution >= 0.6 is 0 Å². The Labute approximate surface area is 219 Å². The minimum atomic E-state index is -2.65. The molecule has 3 fully saturated rings. The number of benzene rings is 1. The molecule has 10 heteroatoms. The number of hydrogen-bond donors (Lipinski definition) is 2. The molecule has 2 aliphatic heterocycles. The zero-order chi connectivity index (χ0) is 28.3. The summed E-state index contributed by atoms with van der Waals surface area (Å²) in [5.74, 6) is 0.546. The molecule has 1 aliphatic carbocycles. The average Bonchev–Trinajstić information content (AvgIpc) is 3.72. The fourth-order valence-corrected chi connectivity index (χ4v) is 6.20. The molecule has 6 rings (SSSR count). The van der Waals surface area contributed by atoms with E-state index in [2.05, 4.69) is 42.5 Å². The number of phenolic OH excluding ortho intramolecular Hbond substituents is 1. The van der Waals surface area contributed by atoms with Crippen molar-refractivity contribution in [1.29, 1.82) is 0 Å². The Hall–Kier alpha value is -3.40. The first kappa shape index (κ1) is 20.6. The van der Waals surface area contributed by atoms with Gasteiger partial charge in [-0.2, -0.15) is 5.10 Å². The molecule has 2 N–H and O–H groups in total. The number of piperidine rings is 2. The normalized spacial score (nSPS) is 30.6. The van der Waals surface area contributed by atoms with E-state index in [1.165, 1.54) is 18.3 Å². The number of nitrogens with zero attached hydrogens (tertiary/aromatic N) is 6. The van der Waals surface area contributed by atoms with E-state index in [-0.39, 0.29) is 35.1 Å². The lowest BCUT2D eigenvalue weighted by molar-refractivity contribution is 0.000258. The maximum Gasteiger partial charge on any atom is 0.233 e. The van der Waals surface area contributed by atoms with Gasteiger partial charge in [-0.1, -0.05) is 6.07 Å². The van der Waals surface area contributed by atoms with E-state index in [4.69, 9.17) is 8.85 Å². The third-order valence-electron chi connectivity index (χ3n) is 8.04. The van der Waals surface area contributed by atoms with Gasteiger partial charge in [0.15, 0.2) is 11.6 Å². The molecule has 9 nitrogen and oxygen atoms in total. The van der Waals surface area contributed by atoms with Crippen LogP contribution in [-0.2, 0) is 0 Å². The van der Waals surface area contributed by atoms with Gasteiger partial charge in [0.1, 0.15) is 11.9 Å². The predicted molar refractivity (Wildman–Crippen MR) is 137 cm³/mol. The molecule has 0 unspecified atom stereocenters. The van der Waals surface area contributed by atoms with Crippen molar-refractivity contribution in [2.24, 2.45) is 0 Å². The van der Waals surface area contributed by atoms with Gasteiger partial charge in [-0.05, 0) is 70.1 Å². The molecule has 3 aromatic rings. The number of ether oxygens (including phenoxy) is 1. The lowest BCUT2D eigenvalue weighted by Crippen LogP contribution is -2.73. The van der Waals surface area contributed by atoms with Gasteiger partial charge in [-0.3, -0.25) is 0 Å². The summed E-state index contributed by atoms with van der Waals surface area (Å²) in [7, 11) is -2.65. The third kappa shape index (κ3) is 4.37. The molecule has 0 spiro atoms. The maximum absolute atomic E-state index is 16.0. The van der Waals surface area contributed by atoms with Crippen molar-refractivity contribution in [3.05, 3.63) is 36.7 Å². The van der Waals surface area contributed by atoms with Crippen molar-refractivity contribution in [1.82, 2.24) is 30.7 Å². The minimum Gasteiger partial charge on any atom is -0.507 e. The molecule has 0 radical (unpaired) electrons. The number of aromatic hydroxyl groups is 1. The second-order valence-corrected chi connectivity index (χ2v) is 11.0. The van der Waals surface area contributed by atoms with E-state index >= 15 is 4.39 Å². The van der Waals surface area contributed by atoms with Gasteiger partial charge in [0.25, 0.3) is 0 Å². The largest absolute Gasteiger partial charge is 0.507 e. The molecule has 194 valence electrons.